The number of anilines is 1. The third kappa shape index (κ3) is 3.67. The number of hydrogen-bond donors (Lipinski definition) is 3. The molecule has 3 atom stereocenters. The Labute approximate surface area is 169 Å². The van der Waals surface area contributed by atoms with Gasteiger partial charge in [-0.25, -0.2) is 15.0 Å². The molecule has 1 fully saturated rings. The molecule has 12 heteroatoms. The van der Waals surface area contributed by atoms with Gasteiger partial charge in [0.05, 0.1) is 25.6 Å². The number of azide groups is 1. The number of hydrogen-bond acceptors (Lipinski definition) is 8. The quantitative estimate of drug-likeness (QED) is 0.314. The van der Waals surface area contributed by atoms with Crippen molar-refractivity contribution in [1.29, 1.82) is 0 Å². The van der Waals surface area contributed by atoms with Crippen LogP contribution in [0.15, 0.2) is 42.0 Å². The van der Waals surface area contributed by atoms with Gasteiger partial charge in [-0.2, -0.15) is 0 Å². The van der Waals surface area contributed by atoms with Crippen molar-refractivity contribution >= 4 is 22.9 Å². The first kappa shape index (κ1) is 19.7. The Balaban J connectivity index is 1.61. The molecule has 1 aliphatic heterocycles. The topological polar surface area (TPSA) is 171 Å². The van der Waals surface area contributed by atoms with Crippen LogP contribution in [0.5, 0.6) is 0 Å². The standard InChI is InChI=1S/C18H18N8O4/c19-25-23-6-10-3-1-2-4-11(10)18(29)24-16-15-17(21-8-20-16)26(9-22-15)14-5-12(28)13(7-27)30-14/h1-4,8-9,12-14,27-28H,5-7H2,(H,20,21,24,29)/t12-,13+,14+/m0/s1. The van der Waals surface area contributed by atoms with Crippen LogP contribution in [0.3, 0.4) is 0 Å². The van der Waals surface area contributed by atoms with Crippen LogP contribution in [0.2, 0.25) is 0 Å². The smallest absolute Gasteiger partial charge is 0.257 e. The lowest BCUT2D eigenvalue weighted by Crippen LogP contribution is -2.24. The van der Waals surface area contributed by atoms with Gasteiger partial charge in [0.2, 0.25) is 0 Å². The number of imidazole rings is 1. The second kappa shape index (κ2) is 8.43. The number of amides is 1. The molecule has 1 aromatic carbocycles. The summed E-state index contributed by atoms with van der Waals surface area (Å²) in [5.74, 6) is -0.222. The second-order valence-corrected chi connectivity index (χ2v) is 6.66. The first-order chi connectivity index (χ1) is 14.6. The van der Waals surface area contributed by atoms with Crippen molar-refractivity contribution in [3.8, 4) is 0 Å². The lowest BCUT2D eigenvalue weighted by molar-refractivity contribution is -0.0432. The lowest BCUT2D eigenvalue weighted by Gasteiger charge is -2.13. The predicted molar refractivity (Wildman–Crippen MR) is 104 cm³/mol. The number of fused-ring (bicyclic) bond motifs is 1. The Morgan fingerprint density at radius 2 is 2.20 bits per heavy atom. The van der Waals surface area contributed by atoms with Crippen molar-refractivity contribution in [1.82, 2.24) is 19.5 Å². The van der Waals surface area contributed by atoms with E-state index in [1.54, 1.807) is 28.8 Å². The lowest BCUT2D eigenvalue weighted by atomic mass is 10.1. The molecule has 0 radical (unpaired) electrons. The highest BCUT2D eigenvalue weighted by atomic mass is 16.5. The van der Waals surface area contributed by atoms with Crippen molar-refractivity contribution < 1.29 is 19.7 Å². The van der Waals surface area contributed by atoms with Gasteiger partial charge in [0, 0.05) is 16.9 Å². The van der Waals surface area contributed by atoms with Gasteiger partial charge >= 0.3 is 0 Å². The zero-order chi connectivity index (χ0) is 21.1. The summed E-state index contributed by atoms with van der Waals surface area (Å²) in [6.45, 7) is -0.253. The number of nitrogens with zero attached hydrogens (tertiary/aromatic N) is 7. The van der Waals surface area contributed by atoms with E-state index in [1.807, 2.05) is 0 Å². The Hall–Kier alpha value is -3.57. The molecular formula is C18H18N8O4. The molecule has 0 bridgehead atoms. The van der Waals surface area contributed by atoms with Crippen molar-refractivity contribution in [3.63, 3.8) is 0 Å². The third-order valence-electron chi connectivity index (χ3n) is 4.85. The Kier molecular flexibility index (Phi) is 5.55. The first-order valence-electron chi connectivity index (χ1n) is 9.14. The van der Waals surface area contributed by atoms with E-state index in [0.29, 0.717) is 22.3 Å². The molecule has 1 saturated heterocycles. The van der Waals surface area contributed by atoms with Gasteiger partial charge in [0.15, 0.2) is 17.0 Å². The Morgan fingerprint density at radius 1 is 1.37 bits per heavy atom. The molecule has 0 saturated carbocycles. The number of aliphatic hydroxyl groups is 2. The molecule has 154 valence electrons. The van der Waals surface area contributed by atoms with E-state index in [4.69, 9.17) is 10.3 Å². The van der Waals surface area contributed by atoms with Gasteiger partial charge in [0.1, 0.15) is 18.7 Å². The number of nitrogens with one attached hydrogen (secondary N) is 1. The van der Waals surface area contributed by atoms with E-state index in [2.05, 4.69) is 30.3 Å². The minimum absolute atomic E-state index is 0.0429. The summed E-state index contributed by atoms with van der Waals surface area (Å²) in [6.07, 6.45) is 1.02. The van der Waals surface area contributed by atoms with Crippen LogP contribution in [0, 0.1) is 0 Å². The van der Waals surface area contributed by atoms with Gasteiger partial charge in [0.25, 0.3) is 5.91 Å². The normalized spacial score (nSPS) is 20.8. The van der Waals surface area contributed by atoms with Crippen LogP contribution >= 0.6 is 0 Å². The van der Waals surface area contributed by atoms with E-state index in [0.717, 1.165) is 0 Å². The summed E-state index contributed by atoms with van der Waals surface area (Å²) in [4.78, 5) is 28.2. The molecule has 0 aliphatic carbocycles. The SMILES string of the molecule is [N-]=[N+]=NCc1ccccc1C(=O)Nc1ncnc2c1ncn2[C@H]1C[C@H](O)[C@@H](CO)O1. The number of benzene rings is 1. The molecule has 1 amide bonds. The highest BCUT2D eigenvalue weighted by molar-refractivity contribution is 6.07. The molecule has 3 N–H and O–H groups in total. The summed E-state index contributed by atoms with van der Waals surface area (Å²) < 4.78 is 7.28. The van der Waals surface area contributed by atoms with Gasteiger partial charge in [-0.15, -0.1) is 0 Å². The van der Waals surface area contributed by atoms with Crippen LogP contribution < -0.4 is 5.32 Å². The number of aromatic nitrogens is 4. The fraction of sp³-hybridized carbons (Fsp3) is 0.333. The van der Waals surface area contributed by atoms with Crippen molar-refractivity contribution in [2.45, 2.75) is 31.4 Å². The number of aliphatic hydroxyl groups excluding tert-OH is 2. The average molecular weight is 410 g/mol. The molecule has 2 aromatic heterocycles. The molecule has 4 rings (SSSR count). The largest absolute Gasteiger partial charge is 0.394 e. The van der Waals surface area contributed by atoms with Crippen molar-refractivity contribution in [2.24, 2.45) is 5.11 Å². The number of carbonyl (C=O) groups is 1. The second-order valence-electron chi connectivity index (χ2n) is 6.66. The maximum Gasteiger partial charge on any atom is 0.257 e. The number of rotatable bonds is 6. The fourth-order valence-electron chi connectivity index (χ4n) is 3.37. The summed E-state index contributed by atoms with van der Waals surface area (Å²) >= 11 is 0. The van der Waals surface area contributed by atoms with Crippen LogP contribution in [0.25, 0.3) is 21.6 Å². The van der Waals surface area contributed by atoms with E-state index in [1.165, 1.54) is 12.7 Å². The van der Waals surface area contributed by atoms with Gasteiger partial charge < -0.3 is 20.3 Å². The van der Waals surface area contributed by atoms with Crippen molar-refractivity contribution in [2.75, 3.05) is 11.9 Å². The molecule has 0 unspecified atom stereocenters. The van der Waals surface area contributed by atoms with Crippen LogP contribution in [-0.2, 0) is 11.3 Å². The summed E-state index contributed by atoms with van der Waals surface area (Å²) in [5, 5.41) is 25.5. The third-order valence-corrected chi connectivity index (χ3v) is 4.85. The van der Waals surface area contributed by atoms with E-state index < -0.39 is 24.3 Å². The number of ether oxygens (including phenoxy) is 1. The van der Waals surface area contributed by atoms with E-state index >= 15 is 0 Å². The van der Waals surface area contributed by atoms with Gasteiger partial charge in [-0.1, -0.05) is 23.3 Å². The van der Waals surface area contributed by atoms with E-state index in [9.17, 15) is 15.0 Å². The highest BCUT2D eigenvalue weighted by Gasteiger charge is 2.35. The maximum atomic E-state index is 12.8. The fourth-order valence-corrected chi connectivity index (χ4v) is 3.37. The van der Waals surface area contributed by atoms with Crippen molar-refractivity contribution in [3.05, 3.63) is 58.5 Å². The van der Waals surface area contributed by atoms with Gasteiger partial charge in [-0.3, -0.25) is 9.36 Å². The minimum atomic E-state index is -0.800. The van der Waals surface area contributed by atoms with Crippen LogP contribution in [0.4, 0.5) is 5.82 Å². The van der Waals surface area contributed by atoms with Crippen LogP contribution in [0.1, 0.15) is 28.6 Å². The summed E-state index contributed by atoms with van der Waals surface area (Å²) in [5.41, 5.74) is 10.2. The zero-order valence-corrected chi connectivity index (χ0v) is 15.7. The zero-order valence-electron chi connectivity index (χ0n) is 15.7. The van der Waals surface area contributed by atoms with Crippen LogP contribution in [-0.4, -0.2) is 54.5 Å². The Morgan fingerprint density at radius 3 is 2.97 bits per heavy atom. The maximum absolute atomic E-state index is 12.8. The van der Waals surface area contributed by atoms with E-state index in [-0.39, 0.29) is 25.4 Å². The summed E-state index contributed by atoms with van der Waals surface area (Å²) in [6, 6.07) is 6.78. The number of carbonyl (C=O) groups excluding carboxylic acids is 1. The first-order valence-corrected chi connectivity index (χ1v) is 9.14. The average Bonchev–Trinajstić information content (AvgIpc) is 3.36. The molecule has 12 nitrogen and oxygen atoms in total. The molecule has 3 aromatic rings. The van der Waals surface area contributed by atoms with Gasteiger partial charge in [-0.05, 0) is 17.2 Å². The molecule has 1 aliphatic rings. The summed E-state index contributed by atoms with van der Waals surface area (Å²) in [7, 11) is 0. The minimum Gasteiger partial charge on any atom is -0.394 e. The highest BCUT2D eigenvalue weighted by Crippen LogP contribution is 2.31. The molecule has 30 heavy (non-hydrogen) atoms. The monoisotopic (exact) mass is 410 g/mol. The predicted octanol–water partition coefficient (Wildman–Crippen LogP) is 1.53. The molecular weight excluding hydrogens is 392 g/mol. The Bertz CT molecular complexity index is 1130. The molecule has 0 spiro atoms. The molecule has 3 heterocycles.